The zero-order valence-electron chi connectivity index (χ0n) is 20.0. The van der Waals surface area contributed by atoms with Gasteiger partial charge in [-0.1, -0.05) is 72.6 Å². The first-order valence-electron chi connectivity index (χ1n) is 11.9. The van der Waals surface area contributed by atoms with E-state index in [4.69, 9.17) is 28.2 Å². The molecule has 1 saturated heterocycles. The number of benzene rings is 3. The lowest BCUT2D eigenvalue weighted by atomic mass is 10.1. The molecule has 1 amide bonds. The van der Waals surface area contributed by atoms with Gasteiger partial charge in [0.1, 0.15) is 0 Å². The van der Waals surface area contributed by atoms with Crippen LogP contribution in [0.15, 0.2) is 82.8 Å². The third-order valence-corrected chi connectivity index (χ3v) is 7.98. The van der Waals surface area contributed by atoms with E-state index in [0.29, 0.717) is 33.2 Å². The Morgan fingerprint density at radius 3 is 2.53 bits per heavy atom. The number of hydrogen-bond acceptors (Lipinski definition) is 3. The molecule has 0 N–H and O–H groups in total. The molecule has 1 aliphatic rings. The van der Waals surface area contributed by atoms with E-state index in [0.717, 1.165) is 39.7 Å². The van der Waals surface area contributed by atoms with E-state index in [-0.39, 0.29) is 5.91 Å². The minimum absolute atomic E-state index is 0.0171. The van der Waals surface area contributed by atoms with Crippen LogP contribution >= 0.6 is 35.0 Å². The fraction of sp³-hybridized carbons (Fsp3) is 0.172. The summed E-state index contributed by atoms with van der Waals surface area (Å²) in [6.07, 6.45) is 4.96. The van der Waals surface area contributed by atoms with E-state index >= 15 is 0 Å². The molecule has 1 aliphatic heterocycles. The number of carbonyl (C=O) groups excluding carboxylic acids is 1. The molecule has 1 aromatic heterocycles. The number of aryl methyl sites for hydroxylation is 1. The standard InChI is InChI=1S/C29H25Cl2N3OS/c1-3-20-9-5-7-11-25(20)32-29-34(4-2)28(35)27(36-29)16-21-18-33(26-12-8-6-10-22(21)26)17-19-13-14-23(30)24(31)15-19/h5-16,18H,3-4,17H2,1-2H3/b27-16+,32-29?. The van der Waals surface area contributed by atoms with E-state index in [2.05, 4.69) is 35.9 Å². The molecular formula is C29H25Cl2N3OS. The first-order chi connectivity index (χ1) is 17.5. The molecular weight excluding hydrogens is 509 g/mol. The molecule has 0 saturated carbocycles. The van der Waals surface area contributed by atoms with Gasteiger partial charge in [0.25, 0.3) is 5.91 Å². The topological polar surface area (TPSA) is 37.6 Å². The number of carbonyl (C=O) groups is 1. The highest BCUT2D eigenvalue weighted by Crippen LogP contribution is 2.36. The van der Waals surface area contributed by atoms with Crippen LogP contribution in [-0.2, 0) is 17.8 Å². The Morgan fingerprint density at radius 2 is 1.75 bits per heavy atom. The molecule has 4 nitrogen and oxygen atoms in total. The third-order valence-electron chi connectivity index (χ3n) is 6.24. The molecule has 5 rings (SSSR count). The first kappa shape index (κ1) is 24.7. The van der Waals surface area contributed by atoms with E-state index in [1.165, 1.54) is 11.8 Å². The normalized spacial score (nSPS) is 16.1. The molecule has 0 bridgehead atoms. The molecule has 7 heteroatoms. The summed E-state index contributed by atoms with van der Waals surface area (Å²) in [5.74, 6) is -0.0171. The van der Waals surface area contributed by atoms with E-state index in [1.807, 2.05) is 61.5 Å². The Bertz CT molecular complexity index is 1520. The zero-order valence-corrected chi connectivity index (χ0v) is 22.4. The highest BCUT2D eigenvalue weighted by Gasteiger charge is 2.32. The highest BCUT2D eigenvalue weighted by molar-refractivity contribution is 8.18. The van der Waals surface area contributed by atoms with Crippen molar-refractivity contribution in [3.8, 4) is 0 Å². The second-order valence-corrected chi connectivity index (χ2v) is 10.3. The van der Waals surface area contributed by atoms with Gasteiger partial charge in [-0.3, -0.25) is 9.69 Å². The number of para-hydroxylation sites is 2. The minimum atomic E-state index is -0.0171. The number of fused-ring (bicyclic) bond motifs is 1. The average molecular weight is 535 g/mol. The maximum absolute atomic E-state index is 13.3. The molecule has 0 aliphatic carbocycles. The van der Waals surface area contributed by atoms with Crippen molar-refractivity contribution in [3.05, 3.63) is 105 Å². The summed E-state index contributed by atoms with van der Waals surface area (Å²) in [7, 11) is 0. The number of likely N-dealkylation sites (N-methyl/N-ethyl adjacent to an activating group) is 1. The number of amidine groups is 1. The van der Waals surface area contributed by atoms with Gasteiger partial charge in [-0.05, 0) is 66.6 Å². The summed E-state index contributed by atoms with van der Waals surface area (Å²) >= 11 is 13.8. The van der Waals surface area contributed by atoms with E-state index in [9.17, 15) is 4.79 Å². The van der Waals surface area contributed by atoms with E-state index in [1.54, 1.807) is 4.90 Å². The van der Waals surface area contributed by atoms with Gasteiger partial charge < -0.3 is 4.57 Å². The lowest BCUT2D eigenvalue weighted by Crippen LogP contribution is -2.28. The van der Waals surface area contributed by atoms with Gasteiger partial charge in [0.15, 0.2) is 5.17 Å². The third kappa shape index (κ3) is 4.83. The molecule has 0 unspecified atom stereocenters. The maximum atomic E-state index is 13.3. The van der Waals surface area contributed by atoms with Crippen molar-refractivity contribution >= 4 is 68.7 Å². The number of halogens is 2. The van der Waals surface area contributed by atoms with Gasteiger partial charge >= 0.3 is 0 Å². The lowest BCUT2D eigenvalue weighted by Gasteiger charge is -2.12. The first-order valence-corrected chi connectivity index (χ1v) is 13.5. The van der Waals surface area contributed by atoms with Gasteiger partial charge in [0.05, 0.1) is 20.6 Å². The predicted molar refractivity (Wildman–Crippen MR) is 153 cm³/mol. The van der Waals surface area contributed by atoms with Crippen LogP contribution in [-0.4, -0.2) is 27.1 Å². The summed E-state index contributed by atoms with van der Waals surface area (Å²) in [5, 5.41) is 2.88. The van der Waals surface area contributed by atoms with Crippen molar-refractivity contribution in [2.24, 2.45) is 4.99 Å². The predicted octanol–water partition coefficient (Wildman–Crippen LogP) is 8.18. The van der Waals surface area contributed by atoms with Crippen molar-refractivity contribution in [2.75, 3.05) is 6.54 Å². The highest BCUT2D eigenvalue weighted by atomic mass is 35.5. The monoisotopic (exact) mass is 533 g/mol. The minimum Gasteiger partial charge on any atom is -0.342 e. The Labute approximate surface area is 225 Å². The molecule has 0 spiro atoms. The molecule has 36 heavy (non-hydrogen) atoms. The zero-order chi connectivity index (χ0) is 25.2. The van der Waals surface area contributed by atoms with Crippen LogP contribution in [0.1, 0.15) is 30.5 Å². The molecule has 1 fully saturated rings. The average Bonchev–Trinajstić information content (AvgIpc) is 3.38. The fourth-order valence-electron chi connectivity index (χ4n) is 4.39. The Kier molecular flexibility index (Phi) is 7.24. The van der Waals surface area contributed by atoms with E-state index < -0.39 is 0 Å². The van der Waals surface area contributed by atoms with Crippen LogP contribution in [0.2, 0.25) is 10.0 Å². The van der Waals surface area contributed by atoms with Gasteiger partial charge in [-0.25, -0.2) is 4.99 Å². The number of aromatic nitrogens is 1. The quantitative estimate of drug-likeness (QED) is 0.234. The Morgan fingerprint density at radius 1 is 0.972 bits per heavy atom. The Balaban J connectivity index is 1.52. The molecule has 3 aromatic carbocycles. The fourth-order valence-corrected chi connectivity index (χ4v) is 5.76. The largest absolute Gasteiger partial charge is 0.342 e. The van der Waals surface area contributed by atoms with Crippen molar-refractivity contribution in [2.45, 2.75) is 26.8 Å². The van der Waals surface area contributed by atoms with Crippen LogP contribution in [0.5, 0.6) is 0 Å². The number of nitrogens with zero attached hydrogens (tertiary/aromatic N) is 3. The molecule has 2 heterocycles. The van der Waals surface area contributed by atoms with Crippen molar-refractivity contribution in [1.29, 1.82) is 0 Å². The summed E-state index contributed by atoms with van der Waals surface area (Å²) in [5.41, 5.74) is 5.21. The van der Waals surface area contributed by atoms with Gasteiger partial charge in [0, 0.05) is 35.8 Å². The van der Waals surface area contributed by atoms with Crippen molar-refractivity contribution < 1.29 is 4.79 Å². The van der Waals surface area contributed by atoms with Crippen LogP contribution in [0, 0.1) is 0 Å². The van der Waals surface area contributed by atoms with Crippen LogP contribution in [0.25, 0.3) is 17.0 Å². The molecule has 182 valence electrons. The molecule has 0 radical (unpaired) electrons. The number of aliphatic imine (C=N–C) groups is 1. The second kappa shape index (κ2) is 10.6. The number of rotatable bonds is 6. The van der Waals surface area contributed by atoms with Crippen LogP contribution < -0.4 is 0 Å². The maximum Gasteiger partial charge on any atom is 0.266 e. The number of thioether (sulfide) groups is 1. The number of amides is 1. The molecule has 4 aromatic rings. The van der Waals surface area contributed by atoms with Gasteiger partial charge in [0.2, 0.25) is 0 Å². The van der Waals surface area contributed by atoms with Crippen molar-refractivity contribution in [1.82, 2.24) is 9.47 Å². The molecule has 0 atom stereocenters. The Hall–Kier alpha value is -2.99. The van der Waals surface area contributed by atoms with Crippen LogP contribution in [0.3, 0.4) is 0 Å². The van der Waals surface area contributed by atoms with Gasteiger partial charge in [-0.15, -0.1) is 0 Å². The summed E-state index contributed by atoms with van der Waals surface area (Å²) in [4.78, 5) is 20.6. The summed E-state index contributed by atoms with van der Waals surface area (Å²) < 4.78 is 2.18. The second-order valence-electron chi connectivity index (χ2n) is 8.51. The lowest BCUT2D eigenvalue weighted by molar-refractivity contribution is -0.122. The van der Waals surface area contributed by atoms with Gasteiger partial charge in [-0.2, -0.15) is 0 Å². The van der Waals surface area contributed by atoms with Crippen LogP contribution in [0.4, 0.5) is 5.69 Å². The summed E-state index contributed by atoms with van der Waals surface area (Å²) in [6.45, 7) is 5.30. The number of hydrogen-bond donors (Lipinski definition) is 0. The SMILES string of the molecule is CCc1ccccc1N=C1S/C(=C/c2cn(Cc3ccc(Cl)c(Cl)c3)c3ccccc23)C(=O)N1CC. The smallest absolute Gasteiger partial charge is 0.266 e. The summed E-state index contributed by atoms with van der Waals surface area (Å²) in [6, 6.07) is 22.0. The van der Waals surface area contributed by atoms with Crippen molar-refractivity contribution in [3.63, 3.8) is 0 Å².